The average Bonchev–Trinajstić information content (AvgIpc) is 2.39. The molecule has 1 fully saturated rings. The molecule has 0 spiro atoms. The SMILES string of the molecule is CCCC(CCN)CCCNCC1(C)CCOCC1. The first-order valence-electron chi connectivity index (χ1n) is 8.19. The van der Waals surface area contributed by atoms with Crippen LogP contribution in [0.25, 0.3) is 0 Å². The van der Waals surface area contributed by atoms with E-state index < -0.39 is 0 Å². The summed E-state index contributed by atoms with van der Waals surface area (Å²) < 4.78 is 5.44. The maximum atomic E-state index is 5.68. The van der Waals surface area contributed by atoms with Gasteiger partial charge in [-0.2, -0.15) is 0 Å². The van der Waals surface area contributed by atoms with Gasteiger partial charge in [0.1, 0.15) is 0 Å². The van der Waals surface area contributed by atoms with Crippen molar-refractivity contribution < 1.29 is 4.74 Å². The molecular weight excluding hydrogens is 236 g/mol. The van der Waals surface area contributed by atoms with E-state index in [1.165, 1.54) is 44.9 Å². The number of ether oxygens (including phenoxy) is 1. The third-order valence-corrected chi connectivity index (χ3v) is 4.49. The number of hydrogen-bond acceptors (Lipinski definition) is 3. The summed E-state index contributed by atoms with van der Waals surface area (Å²) in [5, 5.41) is 3.65. The van der Waals surface area contributed by atoms with E-state index in [2.05, 4.69) is 19.2 Å². The minimum atomic E-state index is 0.457. The molecule has 3 heteroatoms. The summed E-state index contributed by atoms with van der Waals surface area (Å²) >= 11 is 0. The number of hydrogen-bond donors (Lipinski definition) is 2. The Morgan fingerprint density at radius 2 is 1.95 bits per heavy atom. The zero-order valence-electron chi connectivity index (χ0n) is 13.0. The lowest BCUT2D eigenvalue weighted by molar-refractivity contribution is 0.0241. The van der Waals surface area contributed by atoms with Gasteiger partial charge in [0.25, 0.3) is 0 Å². The van der Waals surface area contributed by atoms with Gasteiger partial charge in [-0.25, -0.2) is 0 Å². The normalized spacial score (nSPS) is 20.4. The first kappa shape index (κ1) is 16.9. The number of nitrogens with two attached hydrogens (primary N) is 1. The van der Waals surface area contributed by atoms with Gasteiger partial charge in [-0.3, -0.25) is 0 Å². The van der Waals surface area contributed by atoms with E-state index in [1.807, 2.05) is 0 Å². The van der Waals surface area contributed by atoms with Crippen molar-refractivity contribution in [3.63, 3.8) is 0 Å². The van der Waals surface area contributed by atoms with Crippen LogP contribution >= 0.6 is 0 Å². The molecule has 1 rings (SSSR count). The Hall–Kier alpha value is -0.120. The summed E-state index contributed by atoms with van der Waals surface area (Å²) in [6.07, 6.45) is 8.84. The van der Waals surface area contributed by atoms with Crippen LogP contribution in [-0.2, 0) is 4.74 Å². The molecule has 0 aromatic rings. The molecule has 3 N–H and O–H groups in total. The van der Waals surface area contributed by atoms with Crippen molar-refractivity contribution in [2.75, 3.05) is 32.8 Å². The van der Waals surface area contributed by atoms with Gasteiger partial charge in [0.15, 0.2) is 0 Å². The Kier molecular flexibility index (Phi) is 8.67. The molecule has 0 aromatic heterocycles. The van der Waals surface area contributed by atoms with E-state index in [-0.39, 0.29) is 0 Å². The number of nitrogens with one attached hydrogen (secondary N) is 1. The third-order valence-electron chi connectivity index (χ3n) is 4.49. The lowest BCUT2D eigenvalue weighted by Gasteiger charge is -2.33. The fraction of sp³-hybridized carbons (Fsp3) is 1.00. The van der Waals surface area contributed by atoms with Crippen molar-refractivity contribution >= 4 is 0 Å². The van der Waals surface area contributed by atoms with Gasteiger partial charge in [0, 0.05) is 19.8 Å². The molecule has 0 aliphatic carbocycles. The predicted octanol–water partition coefficient (Wildman–Crippen LogP) is 2.94. The van der Waals surface area contributed by atoms with Crippen molar-refractivity contribution in [1.82, 2.24) is 5.32 Å². The molecule has 114 valence electrons. The van der Waals surface area contributed by atoms with E-state index in [0.717, 1.165) is 38.8 Å². The fourth-order valence-electron chi connectivity index (χ4n) is 3.02. The smallest absolute Gasteiger partial charge is 0.0471 e. The Morgan fingerprint density at radius 1 is 1.21 bits per heavy atom. The Balaban J connectivity index is 2.06. The molecule has 0 saturated carbocycles. The van der Waals surface area contributed by atoms with Crippen LogP contribution in [0, 0.1) is 11.3 Å². The highest BCUT2D eigenvalue weighted by Gasteiger charge is 2.26. The standard InChI is InChI=1S/C16H34N2O/c1-3-5-15(7-10-17)6-4-11-18-14-16(2)8-12-19-13-9-16/h15,18H,3-14,17H2,1-2H3. The minimum Gasteiger partial charge on any atom is -0.381 e. The third kappa shape index (κ3) is 7.28. The molecule has 0 radical (unpaired) electrons. The highest BCUT2D eigenvalue weighted by Crippen LogP contribution is 2.28. The lowest BCUT2D eigenvalue weighted by atomic mass is 9.82. The van der Waals surface area contributed by atoms with Gasteiger partial charge in [0.05, 0.1) is 0 Å². The molecule has 0 bridgehead atoms. The first-order valence-corrected chi connectivity index (χ1v) is 8.19. The number of rotatable bonds is 10. The van der Waals surface area contributed by atoms with Crippen LogP contribution < -0.4 is 11.1 Å². The molecule has 3 nitrogen and oxygen atoms in total. The van der Waals surface area contributed by atoms with Gasteiger partial charge < -0.3 is 15.8 Å². The van der Waals surface area contributed by atoms with Crippen LogP contribution in [0.15, 0.2) is 0 Å². The van der Waals surface area contributed by atoms with Gasteiger partial charge in [-0.1, -0.05) is 26.7 Å². The van der Waals surface area contributed by atoms with E-state index in [4.69, 9.17) is 10.5 Å². The van der Waals surface area contributed by atoms with Crippen LogP contribution in [0.5, 0.6) is 0 Å². The monoisotopic (exact) mass is 270 g/mol. The Morgan fingerprint density at radius 3 is 2.58 bits per heavy atom. The summed E-state index contributed by atoms with van der Waals surface area (Å²) in [5.41, 5.74) is 6.13. The maximum absolute atomic E-state index is 5.68. The quantitative estimate of drug-likeness (QED) is 0.600. The topological polar surface area (TPSA) is 47.3 Å². The zero-order chi connectivity index (χ0) is 14.0. The van der Waals surface area contributed by atoms with Crippen LogP contribution in [0.2, 0.25) is 0 Å². The molecule has 0 amide bonds. The molecule has 0 aromatic carbocycles. The summed E-state index contributed by atoms with van der Waals surface area (Å²) in [5.74, 6) is 0.843. The van der Waals surface area contributed by atoms with Crippen molar-refractivity contribution in [1.29, 1.82) is 0 Å². The van der Waals surface area contributed by atoms with Gasteiger partial charge in [0.2, 0.25) is 0 Å². The predicted molar refractivity (Wildman–Crippen MR) is 82.3 cm³/mol. The Labute approximate surface area is 119 Å². The molecule has 19 heavy (non-hydrogen) atoms. The first-order chi connectivity index (χ1) is 9.20. The molecule has 1 unspecified atom stereocenters. The van der Waals surface area contributed by atoms with Crippen LogP contribution in [-0.4, -0.2) is 32.8 Å². The molecule has 1 heterocycles. The van der Waals surface area contributed by atoms with Crippen LogP contribution in [0.3, 0.4) is 0 Å². The van der Waals surface area contributed by atoms with E-state index in [9.17, 15) is 0 Å². The van der Waals surface area contributed by atoms with Crippen molar-refractivity contribution in [2.24, 2.45) is 17.1 Å². The molecular formula is C16H34N2O. The molecule has 1 saturated heterocycles. The highest BCUT2D eigenvalue weighted by atomic mass is 16.5. The average molecular weight is 270 g/mol. The van der Waals surface area contributed by atoms with Gasteiger partial charge in [-0.15, -0.1) is 0 Å². The van der Waals surface area contributed by atoms with E-state index in [0.29, 0.717) is 5.41 Å². The molecule has 1 aliphatic heterocycles. The largest absolute Gasteiger partial charge is 0.381 e. The summed E-state index contributed by atoms with van der Waals surface area (Å²) in [4.78, 5) is 0. The zero-order valence-corrected chi connectivity index (χ0v) is 13.0. The fourth-order valence-corrected chi connectivity index (χ4v) is 3.02. The van der Waals surface area contributed by atoms with Crippen LogP contribution in [0.4, 0.5) is 0 Å². The van der Waals surface area contributed by atoms with E-state index >= 15 is 0 Å². The van der Waals surface area contributed by atoms with Crippen molar-refractivity contribution in [3.05, 3.63) is 0 Å². The van der Waals surface area contributed by atoms with E-state index in [1.54, 1.807) is 0 Å². The summed E-state index contributed by atoms with van der Waals surface area (Å²) in [7, 11) is 0. The second kappa shape index (κ2) is 9.73. The van der Waals surface area contributed by atoms with Gasteiger partial charge >= 0.3 is 0 Å². The van der Waals surface area contributed by atoms with Crippen molar-refractivity contribution in [3.8, 4) is 0 Å². The van der Waals surface area contributed by atoms with Crippen molar-refractivity contribution in [2.45, 2.75) is 58.8 Å². The minimum absolute atomic E-state index is 0.457. The second-order valence-electron chi connectivity index (χ2n) is 6.47. The molecule has 1 atom stereocenters. The summed E-state index contributed by atoms with van der Waals surface area (Å²) in [6, 6.07) is 0. The highest BCUT2D eigenvalue weighted by molar-refractivity contribution is 4.79. The summed E-state index contributed by atoms with van der Waals surface area (Å²) in [6.45, 7) is 9.67. The second-order valence-corrected chi connectivity index (χ2v) is 6.47. The Bertz CT molecular complexity index is 209. The molecule has 1 aliphatic rings. The maximum Gasteiger partial charge on any atom is 0.0471 e. The van der Waals surface area contributed by atoms with Gasteiger partial charge in [-0.05, 0) is 56.5 Å². The lowest BCUT2D eigenvalue weighted by Crippen LogP contribution is -2.37. The van der Waals surface area contributed by atoms with Crippen LogP contribution in [0.1, 0.15) is 58.8 Å².